The van der Waals surface area contributed by atoms with E-state index < -0.39 is 23.7 Å². The van der Waals surface area contributed by atoms with E-state index in [2.05, 4.69) is 16.4 Å². The Morgan fingerprint density at radius 3 is 2.67 bits per heavy atom. The molecule has 0 bridgehead atoms. The van der Waals surface area contributed by atoms with Gasteiger partial charge in [0.05, 0.1) is 28.8 Å². The second kappa shape index (κ2) is 9.58. The van der Waals surface area contributed by atoms with Crippen molar-refractivity contribution >= 4 is 39.9 Å². The van der Waals surface area contributed by atoms with Crippen molar-refractivity contribution < 1.29 is 9.21 Å². The van der Waals surface area contributed by atoms with Crippen LogP contribution in [0.5, 0.6) is 0 Å². The molecule has 4 aromatic rings. The highest BCUT2D eigenvalue weighted by molar-refractivity contribution is 7.14. The van der Waals surface area contributed by atoms with Crippen molar-refractivity contribution in [3.63, 3.8) is 0 Å². The van der Waals surface area contributed by atoms with E-state index in [1.165, 1.54) is 15.9 Å². The van der Waals surface area contributed by atoms with Crippen molar-refractivity contribution in [1.82, 2.24) is 14.9 Å². The number of hydrogen-bond donors (Lipinski definition) is 2. The number of thiazole rings is 1. The van der Waals surface area contributed by atoms with E-state index >= 15 is 0 Å². The van der Waals surface area contributed by atoms with Crippen molar-refractivity contribution in [3.8, 4) is 17.2 Å². The zero-order valence-electron chi connectivity index (χ0n) is 17.6. The molecule has 10 heteroatoms. The molecule has 2 aromatic carbocycles. The van der Waals surface area contributed by atoms with Gasteiger partial charge in [-0.2, -0.15) is 5.26 Å². The van der Waals surface area contributed by atoms with E-state index in [1.807, 2.05) is 36.4 Å². The number of benzene rings is 2. The molecule has 33 heavy (non-hydrogen) atoms. The topological polar surface area (TPSA) is 127 Å². The van der Waals surface area contributed by atoms with Gasteiger partial charge < -0.3 is 15.5 Å². The standard InChI is InChI=1S/C23H20ClN5O3S/c1-29-19-9-15(6-7-20(19)32-23(29)31)14-4-2-13(3-5-14)8-16(11-25)28-22(30)17(26)10-18-21(24)33-12-27-18/h2-7,9,12,16-17H,8,10,26H2,1H3,(H,28,30)/t16-,17?/m0/s1. The Hall–Kier alpha value is -3.45. The molecule has 0 aliphatic carbocycles. The van der Waals surface area contributed by atoms with Crippen molar-refractivity contribution in [2.24, 2.45) is 12.8 Å². The molecule has 0 fully saturated rings. The molecule has 0 spiro atoms. The van der Waals surface area contributed by atoms with Crippen LogP contribution in [0.2, 0.25) is 4.34 Å². The predicted octanol–water partition coefficient (Wildman–Crippen LogP) is 3.03. The maximum absolute atomic E-state index is 12.4. The van der Waals surface area contributed by atoms with Crippen molar-refractivity contribution in [3.05, 3.63) is 74.1 Å². The minimum absolute atomic E-state index is 0.202. The van der Waals surface area contributed by atoms with Gasteiger partial charge in [-0.25, -0.2) is 9.78 Å². The molecule has 0 aliphatic rings. The number of aromatic nitrogens is 2. The second-order valence-corrected chi connectivity index (χ2v) is 9.04. The highest BCUT2D eigenvalue weighted by Crippen LogP contribution is 2.24. The zero-order chi connectivity index (χ0) is 23.5. The Morgan fingerprint density at radius 2 is 2.00 bits per heavy atom. The number of nitrogens with two attached hydrogens (primary N) is 1. The zero-order valence-corrected chi connectivity index (χ0v) is 19.2. The Morgan fingerprint density at radius 1 is 1.27 bits per heavy atom. The van der Waals surface area contributed by atoms with E-state index in [9.17, 15) is 14.9 Å². The molecule has 3 N–H and O–H groups in total. The van der Waals surface area contributed by atoms with Crippen LogP contribution in [0.3, 0.4) is 0 Å². The number of hydrogen-bond acceptors (Lipinski definition) is 7. The number of nitrogens with zero attached hydrogens (tertiary/aromatic N) is 3. The number of rotatable bonds is 7. The third-order valence-electron chi connectivity index (χ3n) is 5.33. The summed E-state index contributed by atoms with van der Waals surface area (Å²) in [5, 5.41) is 12.2. The number of carbonyl (C=O) groups is 1. The molecule has 4 rings (SSSR count). The second-order valence-electron chi connectivity index (χ2n) is 7.58. The molecule has 0 saturated heterocycles. The maximum atomic E-state index is 12.4. The van der Waals surface area contributed by atoms with Gasteiger partial charge in [0, 0.05) is 19.9 Å². The molecule has 168 valence electrons. The minimum atomic E-state index is -0.850. The summed E-state index contributed by atoms with van der Waals surface area (Å²) in [6, 6.07) is 13.7. The summed E-state index contributed by atoms with van der Waals surface area (Å²) < 4.78 is 7.13. The van der Waals surface area contributed by atoms with Crippen LogP contribution in [0.15, 0.2) is 57.2 Å². The van der Waals surface area contributed by atoms with Gasteiger partial charge in [-0.15, -0.1) is 11.3 Å². The molecule has 0 aliphatic heterocycles. The lowest BCUT2D eigenvalue weighted by atomic mass is 10.0. The number of nitriles is 1. The minimum Gasteiger partial charge on any atom is -0.408 e. The summed E-state index contributed by atoms with van der Waals surface area (Å²) in [5.41, 5.74) is 12.2. The van der Waals surface area contributed by atoms with E-state index in [0.29, 0.717) is 27.6 Å². The number of fused-ring (bicyclic) bond motifs is 1. The summed E-state index contributed by atoms with van der Waals surface area (Å²) in [6.45, 7) is 0. The summed E-state index contributed by atoms with van der Waals surface area (Å²) in [5.74, 6) is -0.835. The number of oxazole rings is 1. The average molecular weight is 482 g/mol. The lowest BCUT2D eigenvalue weighted by molar-refractivity contribution is -0.122. The fraction of sp³-hybridized carbons (Fsp3) is 0.217. The highest BCUT2D eigenvalue weighted by Gasteiger charge is 2.20. The molecular weight excluding hydrogens is 462 g/mol. The van der Waals surface area contributed by atoms with Gasteiger partial charge in [0.25, 0.3) is 0 Å². The maximum Gasteiger partial charge on any atom is 0.419 e. The molecule has 2 heterocycles. The SMILES string of the molecule is Cn1c(=O)oc2ccc(-c3ccc(C[C@@H](C#N)NC(=O)C(N)Cc4ncsc4Cl)cc3)cc21. The van der Waals surface area contributed by atoms with E-state index in [-0.39, 0.29) is 6.42 Å². The summed E-state index contributed by atoms with van der Waals surface area (Å²) in [4.78, 5) is 28.2. The van der Waals surface area contributed by atoms with Crippen LogP contribution >= 0.6 is 22.9 Å². The van der Waals surface area contributed by atoms with Crippen LogP contribution in [-0.4, -0.2) is 27.5 Å². The molecule has 2 aromatic heterocycles. The first-order valence-electron chi connectivity index (χ1n) is 10.1. The molecule has 0 saturated carbocycles. The number of nitrogens with one attached hydrogen (secondary N) is 1. The van der Waals surface area contributed by atoms with Crippen LogP contribution in [0.1, 0.15) is 11.3 Å². The van der Waals surface area contributed by atoms with Gasteiger partial charge in [0.1, 0.15) is 10.4 Å². The lowest BCUT2D eigenvalue weighted by Gasteiger charge is -2.16. The number of carbonyl (C=O) groups excluding carboxylic acids is 1. The van der Waals surface area contributed by atoms with Crippen molar-refractivity contribution in [1.29, 1.82) is 5.26 Å². The van der Waals surface area contributed by atoms with Gasteiger partial charge >= 0.3 is 5.76 Å². The highest BCUT2D eigenvalue weighted by atomic mass is 35.5. The monoisotopic (exact) mass is 481 g/mol. The Kier molecular flexibility index (Phi) is 6.60. The Labute approximate surface area is 198 Å². The number of aryl methyl sites for hydroxylation is 1. The number of amides is 1. The lowest BCUT2D eigenvalue weighted by Crippen LogP contribution is -2.46. The van der Waals surface area contributed by atoms with E-state index in [4.69, 9.17) is 21.8 Å². The molecule has 1 unspecified atom stereocenters. The predicted molar refractivity (Wildman–Crippen MR) is 127 cm³/mol. The molecule has 2 atom stereocenters. The average Bonchev–Trinajstić information content (AvgIpc) is 3.35. The molecular formula is C23H20ClN5O3S. The van der Waals surface area contributed by atoms with E-state index in [1.54, 1.807) is 18.6 Å². The van der Waals surface area contributed by atoms with Gasteiger partial charge in [-0.3, -0.25) is 9.36 Å². The first-order valence-corrected chi connectivity index (χ1v) is 11.3. The van der Waals surface area contributed by atoms with Crippen LogP contribution in [0, 0.1) is 11.3 Å². The van der Waals surface area contributed by atoms with Crippen LogP contribution in [0.25, 0.3) is 22.2 Å². The van der Waals surface area contributed by atoms with Crippen molar-refractivity contribution in [2.45, 2.75) is 24.9 Å². The largest absolute Gasteiger partial charge is 0.419 e. The third-order valence-corrected chi connectivity index (χ3v) is 6.47. The first-order chi connectivity index (χ1) is 15.9. The summed E-state index contributed by atoms with van der Waals surface area (Å²) >= 11 is 7.29. The Balaban J connectivity index is 1.41. The van der Waals surface area contributed by atoms with Gasteiger partial charge in [-0.1, -0.05) is 41.9 Å². The fourth-order valence-electron chi connectivity index (χ4n) is 3.47. The number of halogens is 1. The van der Waals surface area contributed by atoms with E-state index in [0.717, 1.165) is 16.7 Å². The van der Waals surface area contributed by atoms with Gasteiger partial charge in [-0.05, 0) is 28.8 Å². The first kappa shape index (κ1) is 22.7. The fourth-order valence-corrected chi connectivity index (χ4v) is 4.26. The van der Waals surface area contributed by atoms with Crippen LogP contribution in [0.4, 0.5) is 0 Å². The smallest absolute Gasteiger partial charge is 0.408 e. The molecule has 8 nitrogen and oxygen atoms in total. The van der Waals surface area contributed by atoms with Crippen molar-refractivity contribution in [2.75, 3.05) is 0 Å². The normalized spacial score (nSPS) is 12.9. The Bertz CT molecular complexity index is 1400. The third kappa shape index (κ3) is 4.98. The molecule has 0 radical (unpaired) electrons. The molecule has 1 amide bonds. The van der Waals surface area contributed by atoms with Crippen LogP contribution < -0.4 is 16.8 Å². The van der Waals surface area contributed by atoms with Crippen LogP contribution in [-0.2, 0) is 24.7 Å². The summed E-state index contributed by atoms with van der Waals surface area (Å²) in [7, 11) is 1.66. The quantitative estimate of drug-likeness (QED) is 0.417. The van der Waals surface area contributed by atoms with Gasteiger partial charge in [0.15, 0.2) is 5.58 Å². The van der Waals surface area contributed by atoms with Gasteiger partial charge in [0.2, 0.25) is 5.91 Å². The summed E-state index contributed by atoms with van der Waals surface area (Å²) in [6.07, 6.45) is 0.537.